The van der Waals surface area contributed by atoms with Crippen molar-refractivity contribution in [2.24, 2.45) is 0 Å². The van der Waals surface area contributed by atoms with E-state index in [-0.39, 0.29) is 55.2 Å². The topological polar surface area (TPSA) is 108 Å². The lowest BCUT2D eigenvalue weighted by Gasteiger charge is -2.30. The Morgan fingerprint density at radius 1 is 0.745 bits per heavy atom. The molecule has 3 atom stereocenters. The Morgan fingerprint density at radius 3 is 2.04 bits per heavy atom. The number of amides is 4. The van der Waals surface area contributed by atoms with Crippen LogP contribution in [0.1, 0.15) is 40.7 Å². The van der Waals surface area contributed by atoms with Gasteiger partial charge in [0, 0.05) is 31.7 Å². The number of benzene rings is 5. The number of ether oxygens (including phenoxy) is 1. The van der Waals surface area contributed by atoms with Gasteiger partial charge in [-0.2, -0.15) is 0 Å². The fourth-order valence-electron chi connectivity index (χ4n) is 7.26. The van der Waals surface area contributed by atoms with Crippen LogP contribution < -0.4 is 15.4 Å². The molecule has 5 aromatic carbocycles. The molecule has 9 heteroatoms. The Bertz CT molecular complexity index is 2100. The van der Waals surface area contributed by atoms with Crippen LogP contribution >= 0.6 is 0 Å². The van der Waals surface area contributed by atoms with Crippen LogP contribution in [0, 0.1) is 0 Å². The molecule has 0 aliphatic carbocycles. The van der Waals surface area contributed by atoms with Gasteiger partial charge in [0.1, 0.15) is 18.4 Å². The second-order valence-corrected chi connectivity index (χ2v) is 13.7. The molecule has 0 radical (unpaired) electrons. The van der Waals surface area contributed by atoms with E-state index in [1.807, 2.05) is 84.9 Å². The van der Waals surface area contributed by atoms with Gasteiger partial charge in [0.2, 0.25) is 17.7 Å². The molecule has 2 N–H and O–H groups in total. The Morgan fingerprint density at radius 2 is 1.37 bits per heavy atom. The molecule has 0 spiro atoms. The molecule has 2 heterocycles. The number of nitrogens with one attached hydrogen (secondary N) is 2. The first kappa shape index (κ1) is 33.8. The van der Waals surface area contributed by atoms with Gasteiger partial charge in [0.15, 0.2) is 0 Å². The van der Waals surface area contributed by atoms with Gasteiger partial charge in [-0.05, 0) is 70.1 Å². The predicted octanol–water partition coefficient (Wildman–Crippen LogP) is 5.29. The second kappa shape index (κ2) is 15.0. The van der Waals surface area contributed by atoms with Crippen molar-refractivity contribution in [3.05, 3.63) is 126 Å². The summed E-state index contributed by atoms with van der Waals surface area (Å²) in [6.45, 7) is 0.880. The van der Waals surface area contributed by atoms with E-state index in [0.29, 0.717) is 43.7 Å². The SMILES string of the molecule is CN1CCC[C@H](NC(=O)Cc2ccc3ccccc3c2)C(=O)N2C[C@@H](NC(=O)Cc3ccc4ccccc4c3)C[C@H]2COc2cccc(c2)C1=O. The van der Waals surface area contributed by atoms with E-state index in [2.05, 4.69) is 10.6 Å². The Hall–Kier alpha value is -5.70. The Labute approximate surface area is 297 Å². The highest BCUT2D eigenvalue weighted by Crippen LogP contribution is 2.24. The predicted molar refractivity (Wildman–Crippen MR) is 197 cm³/mol. The van der Waals surface area contributed by atoms with Crippen molar-refractivity contribution in [2.75, 3.05) is 26.7 Å². The number of carbonyl (C=O) groups is 4. The number of rotatable bonds is 6. The third-order valence-corrected chi connectivity index (χ3v) is 9.91. The summed E-state index contributed by atoms with van der Waals surface area (Å²) in [6.07, 6.45) is 1.70. The quantitative estimate of drug-likeness (QED) is 0.253. The average molecular weight is 683 g/mol. The molecule has 2 bridgehead atoms. The van der Waals surface area contributed by atoms with Gasteiger partial charge in [-0.3, -0.25) is 19.2 Å². The van der Waals surface area contributed by atoms with Crippen molar-refractivity contribution in [2.45, 2.75) is 50.2 Å². The lowest BCUT2D eigenvalue weighted by Crippen LogP contribution is -2.52. The molecule has 51 heavy (non-hydrogen) atoms. The standard InChI is InChI=1S/C42H42N4O5/c1-45-19-7-14-38(44-40(48)23-29-16-18-31-9-3-5-11-33(31)21-29)42(50)46-26-35(25-36(46)27-51-37-13-6-12-34(24-37)41(45)49)43-39(47)22-28-15-17-30-8-2-4-10-32(30)20-28/h2-6,8-13,15-18,20-21,24,35-36,38H,7,14,19,22-23,25-27H2,1H3,(H,43,47)(H,44,48)/t35-,36-,38-/m0/s1. The average Bonchev–Trinajstić information content (AvgIpc) is 3.54. The van der Waals surface area contributed by atoms with Crippen LogP contribution in [-0.4, -0.2) is 78.3 Å². The summed E-state index contributed by atoms with van der Waals surface area (Å²) in [6, 6.07) is 33.6. The molecule has 7 rings (SSSR count). The van der Waals surface area contributed by atoms with Crippen LogP contribution in [0.25, 0.3) is 21.5 Å². The molecule has 0 saturated carbocycles. The summed E-state index contributed by atoms with van der Waals surface area (Å²) in [4.78, 5) is 57.8. The normalized spacial score (nSPS) is 19.7. The summed E-state index contributed by atoms with van der Waals surface area (Å²) in [7, 11) is 1.73. The maximum absolute atomic E-state index is 14.4. The van der Waals surface area contributed by atoms with E-state index in [1.165, 1.54) is 0 Å². The molecule has 0 aromatic heterocycles. The van der Waals surface area contributed by atoms with E-state index in [0.717, 1.165) is 32.7 Å². The molecule has 0 unspecified atom stereocenters. The van der Waals surface area contributed by atoms with Crippen LogP contribution in [0.2, 0.25) is 0 Å². The zero-order valence-electron chi connectivity index (χ0n) is 28.7. The van der Waals surface area contributed by atoms with Gasteiger partial charge < -0.3 is 25.2 Å². The number of nitrogens with zero attached hydrogens (tertiary/aromatic N) is 2. The number of hydrogen-bond donors (Lipinski definition) is 2. The van der Waals surface area contributed by atoms with Gasteiger partial charge in [0.25, 0.3) is 5.91 Å². The van der Waals surface area contributed by atoms with Crippen LogP contribution in [0.5, 0.6) is 5.75 Å². The zero-order chi connectivity index (χ0) is 35.3. The Kier molecular flexibility index (Phi) is 9.97. The summed E-state index contributed by atoms with van der Waals surface area (Å²) < 4.78 is 6.19. The largest absolute Gasteiger partial charge is 0.491 e. The molecule has 2 aliphatic rings. The van der Waals surface area contributed by atoms with Crippen LogP contribution in [0.3, 0.4) is 0 Å². The third kappa shape index (κ3) is 8.04. The first-order valence-electron chi connectivity index (χ1n) is 17.6. The van der Waals surface area contributed by atoms with Crippen molar-refractivity contribution in [3.8, 4) is 5.75 Å². The van der Waals surface area contributed by atoms with Crippen molar-refractivity contribution in [1.82, 2.24) is 20.4 Å². The molecule has 5 aromatic rings. The third-order valence-electron chi connectivity index (χ3n) is 9.91. The molecular formula is C42H42N4O5. The van der Waals surface area contributed by atoms with E-state index >= 15 is 0 Å². The first-order chi connectivity index (χ1) is 24.8. The highest BCUT2D eigenvalue weighted by molar-refractivity contribution is 5.94. The van der Waals surface area contributed by atoms with E-state index in [1.54, 1.807) is 41.1 Å². The molecular weight excluding hydrogens is 640 g/mol. The molecule has 1 saturated heterocycles. The Balaban J connectivity index is 1.09. The zero-order valence-corrected chi connectivity index (χ0v) is 28.7. The highest BCUT2D eigenvalue weighted by Gasteiger charge is 2.39. The number of fused-ring (bicyclic) bond motifs is 5. The highest BCUT2D eigenvalue weighted by atomic mass is 16.5. The lowest BCUT2D eigenvalue weighted by molar-refractivity contribution is -0.138. The fourth-order valence-corrected chi connectivity index (χ4v) is 7.26. The summed E-state index contributed by atoms with van der Waals surface area (Å²) >= 11 is 0. The maximum Gasteiger partial charge on any atom is 0.253 e. The van der Waals surface area contributed by atoms with Gasteiger partial charge >= 0.3 is 0 Å². The summed E-state index contributed by atoms with van der Waals surface area (Å²) in [5, 5.41) is 10.5. The summed E-state index contributed by atoms with van der Waals surface area (Å²) in [5.74, 6) is -0.206. The van der Waals surface area contributed by atoms with Gasteiger partial charge in [-0.1, -0.05) is 91.0 Å². The molecule has 9 nitrogen and oxygen atoms in total. The van der Waals surface area contributed by atoms with Crippen LogP contribution in [-0.2, 0) is 27.2 Å². The fraction of sp³-hybridized carbons (Fsp3) is 0.286. The minimum atomic E-state index is -0.809. The van der Waals surface area contributed by atoms with E-state index in [4.69, 9.17) is 4.74 Å². The second-order valence-electron chi connectivity index (χ2n) is 13.7. The minimum Gasteiger partial charge on any atom is -0.491 e. The van der Waals surface area contributed by atoms with Gasteiger partial charge in [-0.15, -0.1) is 0 Å². The van der Waals surface area contributed by atoms with Crippen molar-refractivity contribution < 1.29 is 23.9 Å². The first-order valence-corrected chi connectivity index (χ1v) is 17.6. The van der Waals surface area contributed by atoms with Crippen molar-refractivity contribution >= 4 is 45.2 Å². The summed E-state index contributed by atoms with van der Waals surface area (Å²) in [5.41, 5.74) is 2.29. The van der Waals surface area contributed by atoms with Gasteiger partial charge in [0.05, 0.1) is 18.9 Å². The van der Waals surface area contributed by atoms with Crippen molar-refractivity contribution in [1.29, 1.82) is 0 Å². The molecule has 1 fully saturated rings. The molecule has 2 aliphatic heterocycles. The smallest absolute Gasteiger partial charge is 0.253 e. The molecule has 260 valence electrons. The number of hydrogen-bond acceptors (Lipinski definition) is 5. The van der Waals surface area contributed by atoms with Crippen LogP contribution in [0.4, 0.5) is 0 Å². The van der Waals surface area contributed by atoms with Crippen molar-refractivity contribution in [3.63, 3.8) is 0 Å². The molecule has 4 amide bonds. The minimum absolute atomic E-state index is 0.121. The monoisotopic (exact) mass is 682 g/mol. The lowest BCUT2D eigenvalue weighted by atomic mass is 10.0. The van der Waals surface area contributed by atoms with E-state index < -0.39 is 6.04 Å². The maximum atomic E-state index is 14.4. The number of carbonyl (C=O) groups excluding carboxylic acids is 4. The van der Waals surface area contributed by atoms with Gasteiger partial charge in [-0.25, -0.2) is 0 Å². The van der Waals surface area contributed by atoms with Crippen LogP contribution in [0.15, 0.2) is 109 Å². The van der Waals surface area contributed by atoms with E-state index in [9.17, 15) is 19.2 Å².